The first-order chi connectivity index (χ1) is 10.9. The Hall–Kier alpha value is -1.33. The molecule has 0 fully saturated rings. The summed E-state index contributed by atoms with van der Waals surface area (Å²) in [5, 5.41) is 0. The van der Waals surface area contributed by atoms with Crippen LogP contribution in [0.2, 0.25) is 0 Å². The van der Waals surface area contributed by atoms with Crippen molar-refractivity contribution < 1.29 is 30.0 Å². The molecule has 0 heterocycles. The summed E-state index contributed by atoms with van der Waals surface area (Å²) in [6, 6.07) is 3.61. The van der Waals surface area contributed by atoms with Crippen LogP contribution in [0.25, 0.3) is 0 Å². The molecule has 0 atom stereocenters. The van der Waals surface area contributed by atoms with Crippen molar-refractivity contribution in [2.24, 2.45) is 0 Å². The predicted octanol–water partition coefficient (Wildman–Crippen LogP) is 1.80. The van der Waals surface area contributed by atoms with E-state index in [4.69, 9.17) is 0 Å². The quantitative estimate of drug-likeness (QED) is 0.736. The standard InChI is InChI=1S/C13H19F3N2O4S2/c1-3-10-24(21,22)17-8-9-18(23(2,19)20)12-6-4-11(5-7-12)13(14,15)16/h4-7,17H,3,8-10H2,1-2H3. The highest BCUT2D eigenvalue weighted by atomic mass is 32.2. The number of nitrogens with one attached hydrogen (secondary N) is 1. The normalized spacial score (nSPS) is 13.0. The van der Waals surface area contributed by atoms with E-state index in [1.165, 1.54) is 0 Å². The molecule has 0 saturated heterocycles. The minimum atomic E-state index is -4.52. The van der Waals surface area contributed by atoms with Gasteiger partial charge in [-0.15, -0.1) is 0 Å². The number of rotatable bonds is 8. The van der Waals surface area contributed by atoms with Crippen molar-refractivity contribution in [2.75, 3.05) is 29.4 Å². The van der Waals surface area contributed by atoms with Crippen molar-refractivity contribution in [2.45, 2.75) is 19.5 Å². The van der Waals surface area contributed by atoms with Gasteiger partial charge in [-0.05, 0) is 30.7 Å². The van der Waals surface area contributed by atoms with Gasteiger partial charge in [-0.25, -0.2) is 21.6 Å². The van der Waals surface area contributed by atoms with Gasteiger partial charge >= 0.3 is 6.18 Å². The lowest BCUT2D eigenvalue weighted by Gasteiger charge is -2.23. The summed E-state index contributed by atoms with van der Waals surface area (Å²) in [4.78, 5) is 0. The Balaban J connectivity index is 2.92. The van der Waals surface area contributed by atoms with Crippen LogP contribution in [0.3, 0.4) is 0 Å². The lowest BCUT2D eigenvalue weighted by molar-refractivity contribution is -0.137. The predicted molar refractivity (Wildman–Crippen MR) is 85.7 cm³/mol. The van der Waals surface area contributed by atoms with Crippen LogP contribution in [0.15, 0.2) is 24.3 Å². The smallest absolute Gasteiger partial charge is 0.269 e. The fraction of sp³-hybridized carbons (Fsp3) is 0.538. The molecule has 24 heavy (non-hydrogen) atoms. The van der Waals surface area contributed by atoms with Crippen molar-refractivity contribution in [1.29, 1.82) is 0 Å². The van der Waals surface area contributed by atoms with E-state index in [1.807, 2.05) is 0 Å². The summed E-state index contributed by atoms with van der Waals surface area (Å²) in [5.41, 5.74) is -0.872. The number of benzene rings is 1. The van der Waals surface area contributed by atoms with Gasteiger partial charge < -0.3 is 0 Å². The summed E-state index contributed by atoms with van der Waals surface area (Å²) in [7, 11) is -7.28. The molecule has 1 aromatic rings. The molecule has 6 nitrogen and oxygen atoms in total. The third kappa shape index (κ3) is 6.29. The van der Waals surface area contributed by atoms with Crippen molar-refractivity contribution >= 4 is 25.7 Å². The van der Waals surface area contributed by atoms with Gasteiger partial charge in [0.25, 0.3) is 0 Å². The van der Waals surface area contributed by atoms with E-state index in [0.29, 0.717) is 6.42 Å². The highest BCUT2D eigenvalue weighted by molar-refractivity contribution is 7.92. The minimum Gasteiger partial charge on any atom is -0.269 e. The lowest BCUT2D eigenvalue weighted by atomic mass is 10.2. The van der Waals surface area contributed by atoms with Crippen LogP contribution >= 0.6 is 0 Å². The summed E-state index contributed by atoms with van der Waals surface area (Å²) in [5.74, 6) is -0.0911. The van der Waals surface area contributed by atoms with Gasteiger partial charge in [0.2, 0.25) is 20.0 Å². The topological polar surface area (TPSA) is 83.6 Å². The number of sulfonamides is 2. The first-order valence-corrected chi connectivity index (χ1v) is 10.5. The monoisotopic (exact) mass is 388 g/mol. The summed E-state index contributed by atoms with van der Waals surface area (Å²) in [6.45, 7) is 1.27. The number of anilines is 1. The highest BCUT2D eigenvalue weighted by Gasteiger charge is 2.30. The van der Waals surface area contributed by atoms with Crippen LogP contribution < -0.4 is 9.03 Å². The summed E-state index contributed by atoms with van der Waals surface area (Å²) >= 11 is 0. The van der Waals surface area contributed by atoms with Crippen molar-refractivity contribution in [3.63, 3.8) is 0 Å². The van der Waals surface area contributed by atoms with Crippen LogP contribution in [0.1, 0.15) is 18.9 Å². The second-order valence-corrected chi connectivity index (χ2v) is 8.93. The Morgan fingerprint density at radius 3 is 2.04 bits per heavy atom. The molecule has 0 unspecified atom stereocenters. The molecule has 138 valence electrons. The molecule has 0 amide bonds. The number of alkyl halides is 3. The zero-order valence-corrected chi connectivity index (χ0v) is 14.8. The zero-order valence-electron chi connectivity index (χ0n) is 13.2. The number of halogens is 3. The van der Waals surface area contributed by atoms with Crippen LogP contribution in [-0.4, -0.2) is 41.9 Å². The molecule has 0 bridgehead atoms. The molecule has 0 aromatic heterocycles. The van der Waals surface area contributed by atoms with E-state index in [-0.39, 0.29) is 24.5 Å². The van der Waals surface area contributed by atoms with E-state index < -0.39 is 31.8 Å². The lowest BCUT2D eigenvalue weighted by Crippen LogP contribution is -2.38. The largest absolute Gasteiger partial charge is 0.416 e. The maximum Gasteiger partial charge on any atom is 0.416 e. The van der Waals surface area contributed by atoms with Gasteiger partial charge in [0, 0.05) is 13.1 Å². The third-order valence-electron chi connectivity index (χ3n) is 2.99. The number of hydrogen-bond donors (Lipinski definition) is 1. The minimum absolute atomic E-state index is 0.0280. The average molecular weight is 388 g/mol. The van der Waals surface area contributed by atoms with Gasteiger partial charge in [-0.3, -0.25) is 4.31 Å². The fourth-order valence-corrected chi connectivity index (χ4v) is 3.96. The number of hydrogen-bond acceptors (Lipinski definition) is 4. The molecule has 11 heteroatoms. The molecule has 1 aromatic carbocycles. The van der Waals surface area contributed by atoms with Crippen LogP contribution in [0.4, 0.5) is 18.9 Å². The van der Waals surface area contributed by atoms with Gasteiger partial charge in [-0.1, -0.05) is 6.92 Å². The van der Waals surface area contributed by atoms with Crippen LogP contribution in [0.5, 0.6) is 0 Å². The first-order valence-electron chi connectivity index (χ1n) is 6.99. The molecule has 1 N–H and O–H groups in total. The molecular weight excluding hydrogens is 369 g/mol. The van der Waals surface area contributed by atoms with Crippen molar-refractivity contribution in [1.82, 2.24) is 4.72 Å². The second-order valence-electron chi connectivity index (χ2n) is 5.09. The van der Waals surface area contributed by atoms with Crippen molar-refractivity contribution in [3.8, 4) is 0 Å². The van der Waals surface area contributed by atoms with E-state index in [9.17, 15) is 30.0 Å². The average Bonchev–Trinajstić information content (AvgIpc) is 2.41. The van der Waals surface area contributed by atoms with E-state index in [1.54, 1.807) is 6.92 Å². The SMILES string of the molecule is CCCS(=O)(=O)NCCN(c1ccc(C(F)(F)F)cc1)S(C)(=O)=O. The molecule has 0 saturated carbocycles. The molecule has 0 spiro atoms. The highest BCUT2D eigenvalue weighted by Crippen LogP contribution is 2.30. The Bertz CT molecular complexity index is 744. The van der Waals surface area contributed by atoms with E-state index in [0.717, 1.165) is 34.8 Å². The Morgan fingerprint density at radius 2 is 1.62 bits per heavy atom. The van der Waals surface area contributed by atoms with Gasteiger partial charge in [-0.2, -0.15) is 13.2 Å². The van der Waals surface area contributed by atoms with Gasteiger partial charge in [0.1, 0.15) is 0 Å². The Morgan fingerprint density at radius 1 is 1.08 bits per heavy atom. The van der Waals surface area contributed by atoms with Crippen LogP contribution in [-0.2, 0) is 26.2 Å². The molecule has 0 aliphatic heterocycles. The molecule has 1 rings (SSSR count). The van der Waals surface area contributed by atoms with Gasteiger partial charge in [0.15, 0.2) is 0 Å². The Kier molecular flexibility index (Phi) is 6.65. The molecular formula is C13H19F3N2O4S2. The first kappa shape index (κ1) is 20.7. The fourth-order valence-electron chi connectivity index (χ4n) is 1.95. The van der Waals surface area contributed by atoms with E-state index >= 15 is 0 Å². The molecule has 0 radical (unpaired) electrons. The van der Waals surface area contributed by atoms with E-state index in [2.05, 4.69) is 4.72 Å². The summed E-state index contributed by atoms with van der Waals surface area (Å²) in [6.07, 6.45) is -3.22. The van der Waals surface area contributed by atoms with Crippen LogP contribution in [0, 0.1) is 0 Å². The second kappa shape index (κ2) is 7.70. The Labute approximate surface area is 139 Å². The maximum absolute atomic E-state index is 12.6. The van der Waals surface area contributed by atoms with Crippen molar-refractivity contribution in [3.05, 3.63) is 29.8 Å². The molecule has 0 aliphatic rings. The van der Waals surface area contributed by atoms with Gasteiger partial charge in [0.05, 0.1) is 23.3 Å². The maximum atomic E-state index is 12.6. The zero-order chi connectivity index (χ0) is 18.6. The molecule has 0 aliphatic carbocycles. The number of nitrogens with zero attached hydrogens (tertiary/aromatic N) is 1. The summed E-state index contributed by atoms with van der Waals surface area (Å²) < 4.78 is 87.5. The third-order valence-corrected chi connectivity index (χ3v) is 5.78.